The number of rotatable bonds is 7. The molecule has 3 rings (SSSR count). The summed E-state index contributed by atoms with van der Waals surface area (Å²) in [7, 11) is 0. The quantitative estimate of drug-likeness (QED) is 0.201. The maximum absolute atomic E-state index is 12.4. The number of nitrogens with zero attached hydrogens (tertiary/aromatic N) is 1. The van der Waals surface area contributed by atoms with Gasteiger partial charge in [-0.3, -0.25) is 4.79 Å². The molecule has 0 fully saturated rings. The maximum atomic E-state index is 12.4. The summed E-state index contributed by atoms with van der Waals surface area (Å²) in [5, 5.41) is 4.44. The van der Waals surface area contributed by atoms with E-state index in [-0.39, 0.29) is 5.75 Å². The summed E-state index contributed by atoms with van der Waals surface area (Å²) in [5.74, 6) is -0.270. The number of halogens is 2. The number of esters is 1. The highest BCUT2D eigenvalue weighted by molar-refractivity contribution is 9.10. The van der Waals surface area contributed by atoms with Crippen molar-refractivity contribution in [3.8, 4) is 11.5 Å². The molecule has 0 aliphatic heterocycles. The summed E-state index contributed by atoms with van der Waals surface area (Å²) >= 11 is 9.31. The van der Waals surface area contributed by atoms with Crippen molar-refractivity contribution in [3.05, 3.63) is 92.9 Å². The number of hydrogen-bond acceptors (Lipinski definition) is 5. The van der Waals surface area contributed by atoms with Crippen molar-refractivity contribution < 1.29 is 19.1 Å². The van der Waals surface area contributed by atoms with Crippen molar-refractivity contribution in [2.75, 3.05) is 6.61 Å². The zero-order valence-corrected chi connectivity index (χ0v) is 18.8. The predicted octanol–water partition coefficient (Wildman–Crippen LogP) is 5.48. The molecule has 0 aromatic heterocycles. The highest BCUT2D eigenvalue weighted by Gasteiger charge is 2.17. The molecule has 0 atom stereocenters. The molecule has 0 radical (unpaired) electrons. The number of carbonyl (C=O) groups is 2. The average Bonchev–Trinajstić information content (AvgIpc) is 2.76. The van der Waals surface area contributed by atoms with Crippen LogP contribution in [0.1, 0.15) is 33.2 Å². The van der Waals surface area contributed by atoms with Crippen molar-refractivity contribution in [2.24, 2.45) is 5.10 Å². The average molecular weight is 502 g/mol. The first kappa shape index (κ1) is 22.5. The molecule has 0 bridgehead atoms. The Hall–Kier alpha value is -3.16. The minimum absolute atomic E-state index is 0.260. The van der Waals surface area contributed by atoms with Crippen molar-refractivity contribution in [3.63, 3.8) is 0 Å². The van der Waals surface area contributed by atoms with Gasteiger partial charge in [-0.1, -0.05) is 35.9 Å². The summed E-state index contributed by atoms with van der Waals surface area (Å²) in [6.45, 7) is 2.19. The van der Waals surface area contributed by atoms with Gasteiger partial charge in [0, 0.05) is 10.6 Å². The SMILES string of the molecule is CCOc1cc(/C=N\NC(=O)c2cccc(Cl)c2)cc(Br)c1OC(=O)c1ccccc1. The van der Waals surface area contributed by atoms with E-state index >= 15 is 0 Å². The Labute approximate surface area is 193 Å². The lowest BCUT2D eigenvalue weighted by molar-refractivity contribution is 0.0726. The van der Waals surface area contributed by atoms with Crippen LogP contribution in [0.4, 0.5) is 0 Å². The van der Waals surface area contributed by atoms with E-state index in [2.05, 4.69) is 26.5 Å². The van der Waals surface area contributed by atoms with Crippen LogP contribution in [0.15, 0.2) is 76.3 Å². The van der Waals surface area contributed by atoms with Gasteiger partial charge in [0.25, 0.3) is 5.91 Å². The first-order valence-corrected chi connectivity index (χ1v) is 10.5. The second kappa shape index (κ2) is 10.7. The van der Waals surface area contributed by atoms with Crippen LogP contribution in [-0.2, 0) is 0 Å². The predicted molar refractivity (Wildman–Crippen MR) is 123 cm³/mol. The van der Waals surface area contributed by atoms with Gasteiger partial charge in [-0.15, -0.1) is 0 Å². The maximum Gasteiger partial charge on any atom is 0.343 e. The first-order valence-electron chi connectivity index (χ1n) is 9.30. The first-order chi connectivity index (χ1) is 15.0. The third-order valence-corrected chi connectivity index (χ3v) is 4.83. The van der Waals surface area contributed by atoms with Gasteiger partial charge in [-0.25, -0.2) is 10.2 Å². The molecule has 1 N–H and O–H groups in total. The summed E-state index contributed by atoms with van der Waals surface area (Å²) in [5.41, 5.74) is 3.89. The van der Waals surface area contributed by atoms with Crippen molar-refractivity contribution in [1.82, 2.24) is 5.43 Å². The Kier molecular flexibility index (Phi) is 7.81. The third-order valence-electron chi connectivity index (χ3n) is 4.00. The van der Waals surface area contributed by atoms with Crippen LogP contribution in [0.3, 0.4) is 0 Å². The molecule has 0 heterocycles. The van der Waals surface area contributed by atoms with E-state index in [9.17, 15) is 9.59 Å². The molecular weight excluding hydrogens is 484 g/mol. The molecule has 3 aromatic rings. The Morgan fingerprint density at radius 3 is 2.52 bits per heavy atom. The number of benzene rings is 3. The van der Waals surface area contributed by atoms with Gasteiger partial charge >= 0.3 is 5.97 Å². The lowest BCUT2D eigenvalue weighted by Gasteiger charge is -2.13. The Morgan fingerprint density at radius 2 is 1.81 bits per heavy atom. The molecule has 3 aromatic carbocycles. The van der Waals surface area contributed by atoms with Gasteiger partial charge in [0.2, 0.25) is 0 Å². The number of nitrogens with one attached hydrogen (secondary N) is 1. The number of carbonyl (C=O) groups excluding carboxylic acids is 2. The largest absolute Gasteiger partial charge is 0.490 e. The van der Waals surface area contributed by atoms with E-state index in [1.54, 1.807) is 60.7 Å². The summed E-state index contributed by atoms with van der Waals surface area (Å²) in [6, 6.07) is 18.6. The van der Waals surface area contributed by atoms with Gasteiger partial charge in [-0.05, 0) is 70.9 Å². The molecule has 6 nitrogen and oxygen atoms in total. The second-order valence-electron chi connectivity index (χ2n) is 6.23. The van der Waals surface area contributed by atoms with Crippen LogP contribution in [-0.4, -0.2) is 24.7 Å². The van der Waals surface area contributed by atoms with Crippen molar-refractivity contribution in [2.45, 2.75) is 6.92 Å². The van der Waals surface area contributed by atoms with E-state index in [0.29, 0.717) is 38.5 Å². The Bertz CT molecular complexity index is 1120. The molecule has 0 saturated carbocycles. The lowest BCUT2D eigenvalue weighted by atomic mass is 10.2. The molecule has 0 saturated heterocycles. The fraction of sp³-hybridized carbons (Fsp3) is 0.0870. The van der Waals surface area contributed by atoms with Crippen molar-refractivity contribution in [1.29, 1.82) is 0 Å². The fourth-order valence-corrected chi connectivity index (χ4v) is 3.34. The number of hydrazone groups is 1. The normalized spacial score (nSPS) is 10.7. The molecule has 31 heavy (non-hydrogen) atoms. The van der Waals surface area contributed by atoms with E-state index in [4.69, 9.17) is 21.1 Å². The highest BCUT2D eigenvalue weighted by Crippen LogP contribution is 2.37. The van der Waals surface area contributed by atoms with Crippen LogP contribution in [0.5, 0.6) is 11.5 Å². The minimum atomic E-state index is -0.502. The summed E-state index contributed by atoms with van der Waals surface area (Å²) in [6.07, 6.45) is 1.46. The van der Waals surface area contributed by atoms with Gasteiger partial charge in [0.05, 0.1) is 22.9 Å². The van der Waals surface area contributed by atoms with Crippen LogP contribution < -0.4 is 14.9 Å². The van der Waals surface area contributed by atoms with E-state index in [1.807, 2.05) is 13.0 Å². The molecular formula is C23H18BrClN2O4. The lowest BCUT2D eigenvalue weighted by Crippen LogP contribution is -2.17. The summed E-state index contributed by atoms with van der Waals surface area (Å²) < 4.78 is 11.7. The molecule has 1 amide bonds. The fourth-order valence-electron chi connectivity index (χ4n) is 2.61. The second-order valence-corrected chi connectivity index (χ2v) is 7.52. The highest BCUT2D eigenvalue weighted by atomic mass is 79.9. The van der Waals surface area contributed by atoms with Gasteiger partial charge in [0.15, 0.2) is 11.5 Å². The molecule has 0 aliphatic carbocycles. The molecule has 158 valence electrons. The van der Waals surface area contributed by atoms with E-state index in [1.165, 1.54) is 6.21 Å². The Morgan fingerprint density at radius 1 is 1.06 bits per heavy atom. The third kappa shape index (κ3) is 6.16. The van der Waals surface area contributed by atoms with Crippen LogP contribution in [0.25, 0.3) is 0 Å². The summed E-state index contributed by atoms with van der Waals surface area (Å²) in [4.78, 5) is 24.6. The number of ether oxygens (including phenoxy) is 2. The zero-order valence-electron chi connectivity index (χ0n) is 16.5. The van der Waals surface area contributed by atoms with Gasteiger partial charge < -0.3 is 9.47 Å². The van der Waals surface area contributed by atoms with Gasteiger partial charge in [0.1, 0.15) is 0 Å². The zero-order chi connectivity index (χ0) is 22.2. The molecule has 0 aliphatic rings. The Balaban J connectivity index is 1.77. The number of amides is 1. The standard InChI is InChI=1S/C23H18BrClN2O4/c1-2-30-20-12-15(14-26-27-22(28)17-9-6-10-18(25)13-17)11-19(24)21(20)31-23(29)16-7-4-3-5-8-16/h3-14H,2H2,1H3,(H,27,28)/b26-14-. The van der Waals surface area contributed by atoms with E-state index < -0.39 is 11.9 Å². The topological polar surface area (TPSA) is 77.0 Å². The molecule has 0 unspecified atom stereocenters. The monoisotopic (exact) mass is 500 g/mol. The molecule has 0 spiro atoms. The van der Waals surface area contributed by atoms with E-state index in [0.717, 1.165) is 0 Å². The van der Waals surface area contributed by atoms with Crippen LogP contribution in [0.2, 0.25) is 5.02 Å². The minimum Gasteiger partial charge on any atom is -0.490 e. The number of hydrogen-bond donors (Lipinski definition) is 1. The molecule has 8 heteroatoms. The van der Waals surface area contributed by atoms with Crippen LogP contribution in [0, 0.1) is 0 Å². The van der Waals surface area contributed by atoms with Gasteiger partial charge in [-0.2, -0.15) is 5.10 Å². The van der Waals surface area contributed by atoms with Crippen molar-refractivity contribution >= 4 is 45.6 Å². The smallest absolute Gasteiger partial charge is 0.343 e. The van der Waals surface area contributed by atoms with Crippen LogP contribution >= 0.6 is 27.5 Å².